The third-order valence-corrected chi connectivity index (χ3v) is 2.75. The smallest absolute Gasteiger partial charge is 0.0687 e. The molecule has 0 aromatic rings. The zero-order chi connectivity index (χ0) is 10.6. The number of likely N-dealkylation sites (tertiary alicyclic amines) is 1. The average Bonchev–Trinajstić information content (AvgIpc) is 2.19. The molecule has 1 saturated heterocycles. The molecule has 0 radical (unpaired) electrons. The highest BCUT2D eigenvalue weighted by molar-refractivity contribution is 5.05. The lowest BCUT2D eigenvalue weighted by atomic mass is 9.89. The van der Waals surface area contributed by atoms with E-state index >= 15 is 0 Å². The second-order valence-electron chi connectivity index (χ2n) is 4.79. The molecule has 1 rings (SSSR count). The molecule has 0 aliphatic carbocycles. The Kier molecular flexibility index (Phi) is 3.57. The van der Waals surface area contributed by atoms with Crippen LogP contribution in [0.2, 0.25) is 0 Å². The molecular weight excluding hydrogens is 172 g/mol. The van der Waals surface area contributed by atoms with Crippen LogP contribution in [0.3, 0.4) is 0 Å². The second-order valence-corrected chi connectivity index (χ2v) is 4.79. The Hall–Kier alpha value is -0.970. The van der Waals surface area contributed by atoms with E-state index in [-0.39, 0.29) is 5.41 Å². The van der Waals surface area contributed by atoms with E-state index in [1.807, 2.05) is 13.8 Å². The predicted molar refractivity (Wildman–Crippen MR) is 58.6 cm³/mol. The summed E-state index contributed by atoms with van der Waals surface area (Å²) in [6.07, 6.45) is 4.67. The Balaban J connectivity index is 2.45. The van der Waals surface area contributed by atoms with Crippen molar-refractivity contribution in [2.45, 2.75) is 39.5 Å². The molecule has 78 valence electrons. The summed E-state index contributed by atoms with van der Waals surface area (Å²) < 4.78 is 0. The lowest BCUT2D eigenvalue weighted by Crippen LogP contribution is -2.30. The van der Waals surface area contributed by atoms with Crippen LogP contribution in [0.25, 0.3) is 0 Å². The molecule has 1 fully saturated rings. The predicted octanol–water partition coefficient (Wildman–Crippen LogP) is 2.93. The van der Waals surface area contributed by atoms with Crippen molar-refractivity contribution in [1.82, 2.24) is 4.90 Å². The van der Waals surface area contributed by atoms with Gasteiger partial charge in [-0.1, -0.05) is 6.58 Å². The molecule has 2 heteroatoms. The van der Waals surface area contributed by atoms with E-state index in [0.717, 1.165) is 25.2 Å². The fraction of sp³-hybridized carbons (Fsp3) is 0.750. The molecule has 14 heavy (non-hydrogen) atoms. The van der Waals surface area contributed by atoms with Gasteiger partial charge in [-0.2, -0.15) is 5.26 Å². The van der Waals surface area contributed by atoms with Gasteiger partial charge < -0.3 is 4.90 Å². The Morgan fingerprint density at radius 2 is 1.93 bits per heavy atom. The van der Waals surface area contributed by atoms with Crippen LogP contribution < -0.4 is 0 Å². The van der Waals surface area contributed by atoms with Crippen molar-refractivity contribution in [2.24, 2.45) is 5.41 Å². The van der Waals surface area contributed by atoms with Gasteiger partial charge in [0.15, 0.2) is 0 Å². The van der Waals surface area contributed by atoms with Crippen LogP contribution in [-0.2, 0) is 0 Å². The molecule has 0 aromatic carbocycles. The van der Waals surface area contributed by atoms with Crippen LogP contribution >= 0.6 is 0 Å². The van der Waals surface area contributed by atoms with E-state index in [1.165, 1.54) is 19.3 Å². The van der Waals surface area contributed by atoms with Crippen LogP contribution in [0.4, 0.5) is 0 Å². The molecule has 1 heterocycles. The monoisotopic (exact) mass is 192 g/mol. The second kappa shape index (κ2) is 4.50. The van der Waals surface area contributed by atoms with Gasteiger partial charge in [0, 0.05) is 25.2 Å². The van der Waals surface area contributed by atoms with Crippen molar-refractivity contribution in [3.05, 3.63) is 12.3 Å². The van der Waals surface area contributed by atoms with Crippen molar-refractivity contribution in [2.75, 3.05) is 13.1 Å². The molecule has 0 atom stereocenters. The third kappa shape index (κ3) is 3.06. The Labute approximate surface area is 87.2 Å². The molecule has 0 unspecified atom stereocenters. The van der Waals surface area contributed by atoms with Crippen molar-refractivity contribution in [3.63, 3.8) is 0 Å². The Morgan fingerprint density at radius 1 is 1.36 bits per heavy atom. The summed E-state index contributed by atoms with van der Waals surface area (Å²) in [7, 11) is 0. The first-order valence-corrected chi connectivity index (χ1v) is 5.39. The van der Waals surface area contributed by atoms with Crippen molar-refractivity contribution in [3.8, 4) is 6.07 Å². The van der Waals surface area contributed by atoms with Gasteiger partial charge >= 0.3 is 0 Å². The van der Waals surface area contributed by atoms with Crippen LogP contribution in [-0.4, -0.2) is 18.0 Å². The number of hydrogen-bond donors (Lipinski definition) is 0. The average molecular weight is 192 g/mol. The highest BCUT2D eigenvalue weighted by atomic mass is 15.1. The first kappa shape index (κ1) is 11.1. The quantitative estimate of drug-likeness (QED) is 0.687. The summed E-state index contributed by atoms with van der Waals surface area (Å²) in [5, 5.41) is 8.93. The molecule has 0 saturated carbocycles. The molecule has 1 aliphatic rings. The zero-order valence-electron chi connectivity index (χ0n) is 9.34. The maximum absolute atomic E-state index is 8.93. The number of rotatable bonds is 3. The van der Waals surface area contributed by atoms with Gasteiger partial charge in [-0.25, -0.2) is 0 Å². The molecule has 1 aliphatic heterocycles. The molecule has 0 bridgehead atoms. The number of hydrogen-bond acceptors (Lipinski definition) is 2. The van der Waals surface area contributed by atoms with Crippen LogP contribution in [0.15, 0.2) is 12.3 Å². The van der Waals surface area contributed by atoms with Crippen LogP contribution in [0.5, 0.6) is 0 Å². The summed E-state index contributed by atoms with van der Waals surface area (Å²) in [5.74, 6) is 0. The van der Waals surface area contributed by atoms with Gasteiger partial charge in [0.1, 0.15) is 0 Å². The zero-order valence-corrected chi connectivity index (χ0v) is 9.34. The van der Waals surface area contributed by atoms with Crippen LogP contribution in [0, 0.1) is 16.7 Å². The lowest BCUT2D eigenvalue weighted by Gasteiger charge is -2.32. The number of piperidine rings is 1. The fourth-order valence-electron chi connectivity index (χ4n) is 1.87. The van der Waals surface area contributed by atoms with Gasteiger partial charge in [-0.05, 0) is 33.1 Å². The molecule has 0 spiro atoms. The Morgan fingerprint density at radius 3 is 2.43 bits per heavy atom. The largest absolute Gasteiger partial charge is 0.375 e. The fourth-order valence-corrected chi connectivity index (χ4v) is 1.87. The summed E-state index contributed by atoms with van der Waals surface area (Å²) in [6.45, 7) is 10.3. The van der Waals surface area contributed by atoms with E-state index < -0.39 is 0 Å². The number of allylic oxidation sites excluding steroid dienone is 1. The number of nitriles is 1. The minimum Gasteiger partial charge on any atom is -0.375 e. The third-order valence-electron chi connectivity index (χ3n) is 2.75. The van der Waals surface area contributed by atoms with Gasteiger partial charge in [0.25, 0.3) is 0 Å². The first-order chi connectivity index (χ1) is 6.55. The summed E-state index contributed by atoms with van der Waals surface area (Å²) >= 11 is 0. The number of nitrogens with zero attached hydrogens (tertiary/aromatic N) is 2. The molecular formula is C12H20N2. The molecule has 0 amide bonds. The molecule has 0 N–H and O–H groups in total. The SMILES string of the molecule is C=C(CC(C)(C)C#N)N1CCCCC1. The molecule has 2 nitrogen and oxygen atoms in total. The summed E-state index contributed by atoms with van der Waals surface area (Å²) in [5.41, 5.74) is 0.866. The van der Waals surface area contributed by atoms with Gasteiger partial charge in [0.05, 0.1) is 11.5 Å². The van der Waals surface area contributed by atoms with E-state index in [0.29, 0.717) is 0 Å². The topological polar surface area (TPSA) is 27.0 Å². The van der Waals surface area contributed by atoms with Crippen LogP contribution in [0.1, 0.15) is 39.5 Å². The van der Waals surface area contributed by atoms with E-state index in [4.69, 9.17) is 5.26 Å². The van der Waals surface area contributed by atoms with Crippen molar-refractivity contribution in [1.29, 1.82) is 5.26 Å². The van der Waals surface area contributed by atoms with E-state index in [1.54, 1.807) is 0 Å². The summed E-state index contributed by atoms with van der Waals surface area (Å²) in [6, 6.07) is 2.32. The molecule has 0 aromatic heterocycles. The minimum atomic E-state index is -0.269. The maximum Gasteiger partial charge on any atom is 0.0687 e. The van der Waals surface area contributed by atoms with Crippen molar-refractivity contribution >= 4 is 0 Å². The standard InChI is InChI=1S/C12H20N2/c1-11(9-12(2,3)10-13)14-7-5-4-6-8-14/h1,4-9H2,2-3H3. The normalized spacial score (nSPS) is 17.6. The Bertz CT molecular complexity index is 242. The first-order valence-electron chi connectivity index (χ1n) is 5.39. The van der Waals surface area contributed by atoms with E-state index in [9.17, 15) is 0 Å². The highest BCUT2D eigenvalue weighted by Crippen LogP contribution is 2.26. The lowest BCUT2D eigenvalue weighted by molar-refractivity contribution is 0.261. The van der Waals surface area contributed by atoms with E-state index in [2.05, 4.69) is 17.5 Å². The van der Waals surface area contributed by atoms with Gasteiger partial charge in [0.2, 0.25) is 0 Å². The maximum atomic E-state index is 8.93. The van der Waals surface area contributed by atoms with Gasteiger partial charge in [-0.3, -0.25) is 0 Å². The minimum absolute atomic E-state index is 0.269. The van der Waals surface area contributed by atoms with Gasteiger partial charge in [-0.15, -0.1) is 0 Å². The summed E-state index contributed by atoms with van der Waals surface area (Å²) in [4.78, 5) is 2.34. The highest BCUT2D eigenvalue weighted by Gasteiger charge is 2.21. The van der Waals surface area contributed by atoms with Crippen molar-refractivity contribution < 1.29 is 0 Å².